The van der Waals surface area contributed by atoms with Crippen molar-refractivity contribution >= 4 is 0 Å². The molecule has 6 heteroatoms. The molecule has 0 spiro atoms. The molecule has 0 saturated heterocycles. The Morgan fingerprint density at radius 3 is 2.61 bits per heavy atom. The van der Waals surface area contributed by atoms with Crippen LogP contribution in [0.4, 0.5) is 8.78 Å². The van der Waals surface area contributed by atoms with E-state index in [0.717, 1.165) is 16.8 Å². The third kappa shape index (κ3) is 2.14. The minimum atomic E-state index is -1.05. The first-order valence-electron chi connectivity index (χ1n) is 5.19. The highest BCUT2D eigenvalue weighted by Gasteiger charge is 2.09. The highest BCUT2D eigenvalue weighted by molar-refractivity contribution is 5.32. The summed E-state index contributed by atoms with van der Waals surface area (Å²) in [5.41, 5.74) is 0.461. The lowest BCUT2D eigenvalue weighted by molar-refractivity contribution is 0.279. The van der Waals surface area contributed by atoms with Gasteiger partial charge in [0.1, 0.15) is 0 Å². The zero-order valence-corrected chi connectivity index (χ0v) is 9.52. The molecule has 2 rings (SSSR count). The number of rotatable bonds is 2. The molecular weight excluding hydrogens is 242 g/mol. The molecule has 1 heterocycles. The molecule has 1 aromatic carbocycles. The second-order valence-corrected chi connectivity index (χ2v) is 3.76. The quantitative estimate of drug-likeness (QED) is 0.876. The molecule has 0 aliphatic rings. The molecule has 0 fully saturated rings. The van der Waals surface area contributed by atoms with Gasteiger partial charge in [0.05, 0.1) is 18.0 Å². The average molecular weight is 252 g/mol. The van der Waals surface area contributed by atoms with E-state index in [-0.39, 0.29) is 12.3 Å². The number of aliphatic hydroxyl groups excluding tert-OH is 1. The predicted molar refractivity (Wildman–Crippen MR) is 60.4 cm³/mol. The van der Waals surface area contributed by atoms with Gasteiger partial charge in [-0.25, -0.2) is 8.78 Å². The summed E-state index contributed by atoms with van der Waals surface area (Å²) in [6, 6.07) is 4.28. The van der Waals surface area contributed by atoms with Crippen LogP contribution in [0.1, 0.15) is 11.3 Å². The standard InChI is InChI=1S/C12H10F2N2O2/c1-7-8(6-17)4-12(18)16(15-7)9-2-3-10(13)11(14)5-9/h2-5,17H,6H2,1H3. The van der Waals surface area contributed by atoms with Crippen molar-refractivity contribution in [3.8, 4) is 5.69 Å². The molecule has 0 atom stereocenters. The summed E-state index contributed by atoms with van der Waals surface area (Å²) in [6.45, 7) is 1.31. The SMILES string of the molecule is Cc1nn(-c2ccc(F)c(F)c2)c(=O)cc1CO. The van der Waals surface area contributed by atoms with Crippen LogP contribution in [0, 0.1) is 18.6 Å². The highest BCUT2D eigenvalue weighted by Crippen LogP contribution is 2.11. The molecule has 0 aliphatic carbocycles. The zero-order chi connectivity index (χ0) is 13.3. The monoisotopic (exact) mass is 252 g/mol. The fraction of sp³-hybridized carbons (Fsp3) is 0.167. The van der Waals surface area contributed by atoms with E-state index >= 15 is 0 Å². The van der Waals surface area contributed by atoms with Crippen molar-refractivity contribution < 1.29 is 13.9 Å². The summed E-state index contributed by atoms with van der Waals surface area (Å²) in [5, 5.41) is 12.9. The summed E-state index contributed by atoms with van der Waals surface area (Å²) in [7, 11) is 0. The van der Waals surface area contributed by atoms with E-state index in [4.69, 9.17) is 5.11 Å². The van der Waals surface area contributed by atoms with Crippen molar-refractivity contribution in [3.63, 3.8) is 0 Å². The molecule has 1 aromatic heterocycles. The molecule has 0 amide bonds. The largest absolute Gasteiger partial charge is 0.392 e. The van der Waals surface area contributed by atoms with Crippen LogP contribution in [0.25, 0.3) is 5.69 Å². The molecule has 1 N–H and O–H groups in total. The second kappa shape index (κ2) is 4.66. The van der Waals surface area contributed by atoms with E-state index in [1.807, 2.05) is 0 Å². The smallest absolute Gasteiger partial charge is 0.271 e. The van der Waals surface area contributed by atoms with Gasteiger partial charge in [-0.05, 0) is 19.1 Å². The minimum absolute atomic E-state index is 0.131. The molecule has 0 unspecified atom stereocenters. The molecule has 0 saturated carbocycles. The number of halogens is 2. The van der Waals surface area contributed by atoms with Gasteiger partial charge in [-0.1, -0.05) is 0 Å². The van der Waals surface area contributed by atoms with Crippen LogP contribution in [0.2, 0.25) is 0 Å². The van der Waals surface area contributed by atoms with Gasteiger partial charge in [-0.15, -0.1) is 0 Å². The molecule has 0 aliphatic heterocycles. The highest BCUT2D eigenvalue weighted by atomic mass is 19.2. The Kier molecular flexibility index (Phi) is 3.20. The Morgan fingerprint density at radius 1 is 1.28 bits per heavy atom. The summed E-state index contributed by atoms with van der Waals surface area (Å²) >= 11 is 0. The second-order valence-electron chi connectivity index (χ2n) is 3.76. The summed E-state index contributed by atoms with van der Waals surface area (Å²) < 4.78 is 26.8. The maximum absolute atomic E-state index is 13.1. The lowest BCUT2D eigenvalue weighted by Crippen LogP contribution is -2.22. The van der Waals surface area contributed by atoms with Gasteiger partial charge in [0.15, 0.2) is 11.6 Å². The number of benzene rings is 1. The molecule has 4 nitrogen and oxygen atoms in total. The number of hydrogen-bond donors (Lipinski definition) is 1. The van der Waals surface area contributed by atoms with E-state index in [9.17, 15) is 13.6 Å². The molecule has 2 aromatic rings. The van der Waals surface area contributed by atoms with Gasteiger partial charge in [0.25, 0.3) is 5.56 Å². The van der Waals surface area contributed by atoms with Crippen LogP contribution in [-0.4, -0.2) is 14.9 Å². The van der Waals surface area contributed by atoms with Gasteiger partial charge in [0, 0.05) is 17.7 Å². The minimum Gasteiger partial charge on any atom is -0.392 e. The van der Waals surface area contributed by atoms with Crippen molar-refractivity contribution in [1.29, 1.82) is 0 Å². The molecule has 0 bridgehead atoms. The van der Waals surface area contributed by atoms with E-state index < -0.39 is 17.2 Å². The van der Waals surface area contributed by atoms with Gasteiger partial charge in [-0.2, -0.15) is 9.78 Å². The van der Waals surface area contributed by atoms with Crippen molar-refractivity contribution in [2.45, 2.75) is 13.5 Å². The van der Waals surface area contributed by atoms with Crippen LogP contribution in [0.15, 0.2) is 29.1 Å². The Labute approximate surface area is 101 Å². The lowest BCUT2D eigenvalue weighted by atomic mass is 10.2. The zero-order valence-electron chi connectivity index (χ0n) is 9.52. The van der Waals surface area contributed by atoms with Crippen molar-refractivity contribution in [1.82, 2.24) is 9.78 Å². The summed E-state index contributed by atoms with van der Waals surface area (Å²) in [4.78, 5) is 11.7. The fourth-order valence-corrected chi connectivity index (χ4v) is 1.54. The molecular formula is C12H10F2N2O2. The van der Waals surface area contributed by atoms with E-state index in [2.05, 4.69) is 5.10 Å². The van der Waals surface area contributed by atoms with Crippen molar-refractivity contribution in [2.75, 3.05) is 0 Å². The molecule has 0 radical (unpaired) electrons. The van der Waals surface area contributed by atoms with E-state index in [1.54, 1.807) is 6.92 Å². The topological polar surface area (TPSA) is 55.1 Å². The van der Waals surface area contributed by atoms with Gasteiger partial charge in [-0.3, -0.25) is 4.79 Å². The van der Waals surface area contributed by atoms with Crippen LogP contribution in [-0.2, 0) is 6.61 Å². The van der Waals surface area contributed by atoms with Gasteiger partial charge < -0.3 is 5.11 Å². The Morgan fingerprint density at radius 2 is 2.00 bits per heavy atom. The third-order valence-corrected chi connectivity index (χ3v) is 2.54. The van der Waals surface area contributed by atoms with Gasteiger partial charge >= 0.3 is 0 Å². The maximum atomic E-state index is 13.1. The normalized spacial score (nSPS) is 10.7. The third-order valence-electron chi connectivity index (χ3n) is 2.54. The number of hydrogen-bond acceptors (Lipinski definition) is 3. The number of aryl methyl sites for hydroxylation is 1. The number of aromatic nitrogens is 2. The van der Waals surface area contributed by atoms with Gasteiger partial charge in [0.2, 0.25) is 0 Å². The van der Waals surface area contributed by atoms with E-state index in [1.165, 1.54) is 12.1 Å². The average Bonchev–Trinajstić information content (AvgIpc) is 2.35. The Balaban J connectivity index is 2.61. The lowest BCUT2D eigenvalue weighted by Gasteiger charge is -2.08. The first-order valence-corrected chi connectivity index (χ1v) is 5.19. The Bertz CT molecular complexity index is 653. The number of nitrogens with zero attached hydrogens (tertiary/aromatic N) is 2. The molecule has 94 valence electrons. The van der Waals surface area contributed by atoms with Crippen molar-refractivity contribution in [2.24, 2.45) is 0 Å². The summed E-state index contributed by atoms with van der Waals surface area (Å²) in [6.07, 6.45) is 0. The van der Waals surface area contributed by atoms with Crippen LogP contribution < -0.4 is 5.56 Å². The van der Waals surface area contributed by atoms with Crippen molar-refractivity contribution in [3.05, 3.63) is 57.5 Å². The van der Waals surface area contributed by atoms with Crippen LogP contribution >= 0.6 is 0 Å². The number of aliphatic hydroxyl groups is 1. The maximum Gasteiger partial charge on any atom is 0.271 e. The summed E-state index contributed by atoms with van der Waals surface area (Å²) in [5.74, 6) is -2.04. The fourth-order valence-electron chi connectivity index (χ4n) is 1.54. The van der Waals surface area contributed by atoms with Crippen LogP contribution in [0.5, 0.6) is 0 Å². The first kappa shape index (κ1) is 12.4. The van der Waals surface area contributed by atoms with Crippen LogP contribution in [0.3, 0.4) is 0 Å². The molecule has 18 heavy (non-hydrogen) atoms. The van der Waals surface area contributed by atoms with E-state index in [0.29, 0.717) is 11.3 Å². The Hall–Kier alpha value is -2.08. The predicted octanol–water partition coefficient (Wildman–Crippen LogP) is 1.31. The first-order chi connectivity index (χ1) is 8.52.